The van der Waals surface area contributed by atoms with Crippen molar-refractivity contribution in [2.24, 2.45) is 0 Å². The van der Waals surface area contributed by atoms with Gasteiger partial charge in [-0.1, -0.05) is 24.3 Å². The summed E-state index contributed by atoms with van der Waals surface area (Å²) in [4.78, 5) is 18.4. The maximum absolute atomic E-state index is 12.9. The Morgan fingerprint density at radius 1 is 1.11 bits per heavy atom. The van der Waals surface area contributed by atoms with E-state index < -0.39 is 0 Å². The van der Waals surface area contributed by atoms with Gasteiger partial charge in [-0.05, 0) is 53.6 Å². The summed E-state index contributed by atoms with van der Waals surface area (Å²) in [5.41, 5.74) is 4.67. The molecule has 1 amide bonds. The lowest BCUT2D eigenvalue weighted by molar-refractivity contribution is 0.102. The standard InChI is InChI=1S/C22H18N2OS3/c1-15-23-20(14-27-15)17-5-4-6-18(11-17)24-22(25)19-7-2-3-8-21(19)28-13-16-9-10-26-12-16/h2-12,14H,13H2,1H3,(H,24,25). The summed E-state index contributed by atoms with van der Waals surface area (Å²) in [6.45, 7) is 1.99. The van der Waals surface area contributed by atoms with E-state index in [0.717, 1.165) is 32.6 Å². The fourth-order valence-electron chi connectivity index (χ4n) is 2.77. The van der Waals surface area contributed by atoms with Crippen LogP contribution in [0.25, 0.3) is 11.3 Å². The van der Waals surface area contributed by atoms with Crippen molar-refractivity contribution in [1.29, 1.82) is 0 Å². The Morgan fingerprint density at radius 3 is 2.79 bits per heavy atom. The predicted molar refractivity (Wildman–Crippen MR) is 121 cm³/mol. The normalized spacial score (nSPS) is 10.8. The van der Waals surface area contributed by atoms with E-state index in [9.17, 15) is 4.79 Å². The van der Waals surface area contributed by atoms with Crippen LogP contribution >= 0.6 is 34.4 Å². The Morgan fingerprint density at radius 2 is 2.00 bits per heavy atom. The van der Waals surface area contributed by atoms with Gasteiger partial charge in [-0.2, -0.15) is 11.3 Å². The number of aryl methyl sites for hydroxylation is 1. The monoisotopic (exact) mass is 422 g/mol. The van der Waals surface area contributed by atoms with E-state index in [1.807, 2.05) is 60.8 Å². The third-order valence-corrected chi connectivity index (χ3v) is 6.79. The molecule has 0 fully saturated rings. The Kier molecular flexibility index (Phi) is 5.90. The highest BCUT2D eigenvalue weighted by Gasteiger charge is 2.13. The maximum atomic E-state index is 12.9. The molecule has 28 heavy (non-hydrogen) atoms. The van der Waals surface area contributed by atoms with Gasteiger partial charge in [-0.3, -0.25) is 4.79 Å². The predicted octanol–water partition coefficient (Wildman–Crippen LogP) is 6.72. The lowest BCUT2D eigenvalue weighted by Crippen LogP contribution is -2.13. The minimum Gasteiger partial charge on any atom is -0.322 e. The first-order valence-corrected chi connectivity index (χ1v) is 11.6. The summed E-state index contributed by atoms with van der Waals surface area (Å²) >= 11 is 5.00. The van der Waals surface area contributed by atoms with Crippen LogP contribution in [0.2, 0.25) is 0 Å². The number of aromatic nitrogens is 1. The summed E-state index contributed by atoms with van der Waals surface area (Å²) in [5.74, 6) is 0.756. The highest BCUT2D eigenvalue weighted by atomic mass is 32.2. The number of rotatable bonds is 6. The minimum absolute atomic E-state index is 0.0972. The second-order valence-electron chi connectivity index (χ2n) is 6.20. The zero-order valence-electron chi connectivity index (χ0n) is 15.2. The Balaban J connectivity index is 1.51. The molecule has 1 N–H and O–H groups in total. The van der Waals surface area contributed by atoms with Gasteiger partial charge in [0.25, 0.3) is 5.91 Å². The second kappa shape index (κ2) is 8.73. The van der Waals surface area contributed by atoms with Crippen molar-refractivity contribution in [1.82, 2.24) is 4.98 Å². The number of carbonyl (C=O) groups excluding carboxylic acids is 1. The van der Waals surface area contributed by atoms with Gasteiger partial charge in [-0.25, -0.2) is 4.98 Å². The average molecular weight is 423 g/mol. The number of benzene rings is 2. The Hall–Kier alpha value is -2.41. The fraction of sp³-hybridized carbons (Fsp3) is 0.0909. The molecule has 2 aromatic heterocycles. The van der Waals surface area contributed by atoms with Gasteiger partial charge in [0.2, 0.25) is 0 Å². The van der Waals surface area contributed by atoms with Crippen LogP contribution in [0.5, 0.6) is 0 Å². The van der Waals surface area contributed by atoms with Crippen molar-refractivity contribution in [2.45, 2.75) is 17.6 Å². The van der Waals surface area contributed by atoms with Crippen LogP contribution < -0.4 is 5.32 Å². The molecule has 0 aliphatic carbocycles. The van der Waals surface area contributed by atoms with Gasteiger partial charge < -0.3 is 5.32 Å². The molecule has 2 aromatic carbocycles. The first-order chi connectivity index (χ1) is 13.7. The molecule has 4 rings (SSSR count). The zero-order chi connectivity index (χ0) is 19.3. The molecule has 0 bridgehead atoms. The molecule has 0 atom stereocenters. The number of nitrogens with one attached hydrogen (secondary N) is 1. The van der Waals surface area contributed by atoms with E-state index >= 15 is 0 Å². The summed E-state index contributed by atoms with van der Waals surface area (Å²) in [7, 11) is 0. The number of thiophene rings is 1. The molecule has 0 radical (unpaired) electrons. The number of amides is 1. The Bertz CT molecular complexity index is 1090. The van der Waals surface area contributed by atoms with Crippen molar-refractivity contribution in [3.63, 3.8) is 0 Å². The van der Waals surface area contributed by atoms with Crippen LogP contribution in [0, 0.1) is 6.92 Å². The molecular formula is C22H18N2OS3. The summed E-state index contributed by atoms with van der Waals surface area (Å²) in [6, 6.07) is 17.7. The average Bonchev–Trinajstić information content (AvgIpc) is 3.38. The number of thiazole rings is 1. The van der Waals surface area contributed by atoms with E-state index in [1.54, 1.807) is 34.4 Å². The lowest BCUT2D eigenvalue weighted by atomic mass is 10.1. The fourth-order valence-corrected chi connectivity index (χ4v) is 5.16. The van der Waals surface area contributed by atoms with Crippen LogP contribution in [0.3, 0.4) is 0 Å². The van der Waals surface area contributed by atoms with Crippen LogP contribution in [0.4, 0.5) is 5.69 Å². The molecule has 140 valence electrons. The number of hydrogen-bond donors (Lipinski definition) is 1. The SMILES string of the molecule is Cc1nc(-c2cccc(NC(=O)c3ccccc3SCc3ccsc3)c2)cs1. The molecular weight excluding hydrogens is 404 g/mol. The molecule has 0 aliphatic heterocycles. The van der Waals surface area contributed by atoms with E-state index in [1.165, 1.54) is 5.56 Å². The van der Waals surface area contributed by atoms with Gasteiger partial charge in [0.05, 0.1) is 16.3 Å². The third-order valence-electron chi connectivity index (χ3n) is 4.14. The van der Waals surface area contributed by atoms with Crippen molar-refractivity contribution < 1.29 is 4.79 Å². The molecule has 0 saturated heterocycles. The van der Waals surface area contributed by atoms with Crippen molar-refractivity contribution in [2.75, 3.05) is 5.32 Å². The number of thioether (sulfide) groups is 1. The molecule has 0 spiro atoms. The first kappa shape index (κ1) is 18.9. The maximum Gasteiger partial charge on any atom is 0.256 e. The van der Waals surface area contributed by atoms with E-state index in [0.29, 0.717) is 5.56 Å². The van der Waals surface area contributed by atoms with Gasteiger partial charge in [0.1, 0.15) is 0 Å². The van der Waals surface area contributed by atoms with E-state index in [-0.39, 0.29) is 5.91 Å². The van der Waals surface area contributed by atoms with Crippen LogP contribution in [0.1, 0.15) is 20.9 Å². The zero-order valence-corrected chi connectivity index (χ0v) is 17.7. The number of carbonyl (C=O) groups is 1. The highest BCUT2D eigenvalue weighted by Crippen LogP contribution is 2.28. The third kappa shape index (κ3) is 4.52. The highest BCUT2D eigenvalue weighted by molar-refractivity contribution is 7.98. The lowest BCUT2D eigenvalue weighted by Gasteiger charge is -2.10. The topological polar surface area (TPSA) is 42.0 Å². The van der Waals surface area contributed by atoms with Gasteiger partial charge >= 0.3 is 0 Å². The quantitative estimate of drug-likeness (QED) is 0.351. The van der Waals surface area contributed by atoms with Crippen LogP contribution in [-0.4, -0.2) is 10.9 Å². The summed E-state index contributed by atoms with van der Waals surface area (Å²) < 4.78 is 0. The van der Waals surface area contributed by atoms with Crippen LogP contribution in [-0.2, 0) is 5.75 Å². The molecule has 0 saturated carbocycles. The molecule has 3 nitrogen and oxygen atoms in total. The summed E-state index contributed by atoms with van der Waals surface area (Å²) in [5, 5.41) is 10.3. The van der Waals surface area contributed by atoms with Gasteiger partial charge in [0, 0.05) is 27.3 Å². The van der Waals surface area contributed by atoms with Gasteiger partial charge in [0.15, 0.2) is 0 Å². The largest absolute Gasteiger partial charge is 0.322 e. The number of nitrogens with zero attached hydrogens (tertiary/aromatic N) is 1. The van der Waals surface area contributed by atoms with Crippen molar-refractivity contribution in [3.8, 4) is 11.3 Å². The van der Waals surface area contributed by atoms with Gasteiger partial charge in [-0.15, -0.1) is 23.1 Å². The van der Waals surface area contributed by atoms with E-state index in [4.69, 9.17) is 0 Å². The first-order valence-electron chi connectivity index (χ1n) is 8.76. The minimum atomic E-state index is -0.0972. The molecule has 6 heteroatoms. The number of hydrogen-bond acceptors (Lipinski definition) is 5. The van der Waals surface area contributed by atoms with Crippen molar-refractivity contribution >= 4 is 46.0 Å². The number of anilines is 1. The van der Waals surface area contributed by atoms with Crippen molar-refractivity contribution in [3.05, 3.63) is 86.9 Å². The smallest absolute Gasteiger partial charge is 0.256 e. The molecule has 2 heterocycles. The molecule has 0 aliphatic rings. The second-order valence-corrected chi connectivity index (χ2v) is 9.06. The summed E-state index contributed by atoms with van der Waals surface area (Å²) in [6.07, 6.45) is 0. The van der Waals surface area contributed by atoms with Crippen LogP contribution in [0.15, 0.2) is 75.6 Å². The molecule has 0 unspecified atom stereocenters. The van der Waals surface area contributed by atoms with E-state index in [2.05, 4.69) is 27.1 Å². The molecule has 4 aromatic rings. The Labute approximate surface area is 176 Å².